The molecule has 0 saturated heterocycles. The molecule has 0 aliphatic carbocycles. The van der Waals surface area contributed by atoms with E-state index < -0.39 is 37.6 Å². The average Bonchev–Trinajstić information content (AvgIpc) is 2.35. The van der Waals surface area contributed by atoms with Crippen LogP contribution in [0.15, 0.2) is 0 Å². The summed E-state index contributed by atoms with van der Waals surface area (Å²) in [5, 5.41) is 78.0. The monoisotopic (exact) mass is 304 g/mol. The van der Waals surface area contributed by atoms with Crippen LogP contribution in [0.25, 0.3) is 0 Å². The van der Waals surface area contributed by atoms with Crippen molar-refractivity contribution in [3.63, 3.8) is 0 Å². The highest BCUT2D eigenvalue weighted by Gasteiger charge is 2.29. The molecule has 13 heteroatoms. The van der Waals surface area contributed by atoms with Crippen LogP contribution < -0.4 is 0 Å². The fourth-order valence-corrected chi connectivity index (χ4v) is 0.328. The third-order valence-corrected chi connectivity index (χ3v) is 1.23. The molecule has 120 valence electrons. The van der Waals surface area contributed by atoms with E-state index in [1.807, 2.05) is 0 Å². The Morgan fingerprint density at radius 1 is 0.800 bits per heavy atom. The molecule has 2 atom stereocenters. The van der Waals surface area contributed by atoms with E-state index in [0.717, 1.165) is 0 Å². The van der Waals surface area contributed by atoms with E-state index >= 15 is 0 Å². The number of carboxylic acid groups (broad SMARTS) is 2. The molecule has 0 aliphatic heterocycles. The molecule has 0 bridgehead atoms. The van der Waals surface area contributed by atoms with Gasteiger partial charge < -0.3 is 50.8 Å². The lowest BCUT2D eigenvalue weighted by molar-refractivity contribution is -0.165. The van der Waals surface area contributed by atoms with Gasteiger partial charge in [0.1, 0.15) is 6.10 Å². The van der Waals surface area contributed by atoms with Gasteiger partial charge in [0.25, 0.3) is 0 Å². The van der Waals surface area contributed by atoms with Crippen molar-refractivity contribution in [2.24, 2.45) is 0 Å². The largest absolute Gasteiger partial charge is 0.631 e. The van der Waals surface area contributed by atoms with Gasteiger partial charge in [-0.05, 0) is 0 Å². The number of aliphatic carboxylic acids is 2. The Labute approximate surface area is 112 Å². The highest BCUT2D eigenvalue weighted by atomic mass is 16.5. The number of carbonyl (C=O) groups is 2. The first kappa shape index (κ1) is 23.8. The number of aliphatic hydroxyl groups excluding tert-OH is 5. The zero-order chi connectivity index (χ0) is 16.9. The lowest BCUT2D eigenvalue weighted by atomic mass is 10.2. The summed E-state index contributed by atoms with van der Waals surface area (Å²) in [6.07, 6.45) is -5.49. The van der Waals surface area contributed by atoms with Crippen LogP contribution >= 0.6 is 0 Å². The Kier molecular flexibility index (Phi) is 16.7. The summed E-state index contributed by atoms with van der Waals surface area (Å²) in [6, 6.07) is 0. The van der Waals surface area contributed by atoms with Crippen molar-refractivity contribution in [1.82, 2.24) is 0 Å². The minimum Gasteiger partial charge on any atom is -0.479 e. The molecule has 0 fully saturated rings. The highest BCUT2D eigenvalue weighted by Crippen LogP contribution is 1.92. The molecule has 20 heavy (non-hydrogen) atoms. The molecule has 0 amide bonds. The van der Waals surface area contributed by atoms with Crippen molar-refractivity contribution in [3.8, 4) is 0 Å². The molecule has 0 radical (unpaired) electrons. The first-order valence-corrected chi connectivity index (χ1v) is 4.76. The predicted octanol–water partition coefficient (Wildman–Crippen LogP) is -5.84. The summed E-state index contributed by atoms with van der Waals surface area (Å²) < 4.78 is 0. The Bertz CT molecular complexity index is 233. The number of hydrogen-bond acceptors (Lipinski definition) is 10. The maximum absolute atomic E-state index is 9.77. The normalized spacial score (nSPS) is 12.2. The average molecular weight is 304 g/mol. The Hall–Kier alpha value is -1.32. The lowest BCUT2D eigenvalue weighted by Crippen LogP contribution is -2.39. The smallest absolute Gasteiger partial charge is 0.479 e. The van der Waals surface area contributed by atoms with Crippen LogP contribution in [0.1, 0.15) is 0 Å². The highest BCUT2D eigenvalue weighted by molar-refractivity contribution is 6.30. The Morgan fingerprint density at radius 2 is 1.00 bits per heavy atom. The predicted molar refractivity (Wildman–Crippen MR) is 59.9 cm³/mol. The number of hydrogen-bond donors (Lipinski definition) is 10. The van der Waals surface area contributed by atoms with E-state index in [4.69, 9.17) is 50.8 Å². The number of carboxylic acids is 2. The van der Waals surface area contributed by atoms with Gasteiger partial charge in [0.15, 0.2) is 12.2 Å². The minimum absolute atomic E-state index is 0.365. The van der Waals surface area contributed by atoms with Crippen LogP contribution in [0.3, 0.4) is 0 Å². The molecule has 0 saturated carbocycles. The second kappa shape index (κ2) is 14.1. The molecule has 0 aromatic heterocycles. The van der Waals surface area contributed by atoms with Crippen molar-refractivity contribution in [3.05, 3.63) is 0 Å². The standard InChI is InChI=1S/C4H6O6.C3H8O3.BH3O3/c5-1(3(7)8)2(6)4(9)10;4-1-3(6)2-5;2-1(3)4/h1-2,5-6H,(H,7,8)(H,9,10);3-6H,1-2H2;2-4H/t1-,2-;;/m1../s1. The molecule has 10 N–H and O–H groups in total. The van der Waals surface area contributed by atoms with Crippen molar-refractivity contribution in [2.45, 2.75) is 18.3 Å². The van der Waals surface area contributed by atoms with Crippen LogP contribution in [-0.2, 0) is 9.59 Å². The molecular formula is C7H17BO12. The van der Waals surface area contributed by atoms with Crippen LogP contribution in [0.4, 0.5) is 0 Å². The quantitative estimate of drug-likeness (QED) is 0.214. The van der Waals surface area contributed by atoms with Gasteiger partial charge in [-0.2, -0.15) is 0 Å². The maximum atomic E-state index is 9.77. The number of aliphatic hydroxyl groups is 5. The first-order chi connectivity index (χ1) is 9.00. The molecule has 0 spiro atoms. The second-order valence-corrected chi connectivity index (χ2v) is 2.93. The first-order valence-electron chi connectivity index (χ1n) is 4.76. The van der Waals surface area contributed by atoms with Gasteiger partial charge >= 0.3 is 19.3 Å². The SMILES string of the molecule is O=C(O)[C@H](O)[C@@H](O)C(=O)O.OB(O)O.OCC(O)CO. The summed E-state index contributed by atoms with van der Waals surface area (Å²) >= 11 is 0. The van der Waals surface area contributed by atoms with Crippen LogP contribution in [0.5, 0.6) is 0 Å². The summed E-state index contributed by atoms with van der Waals surface area (Å²) in [5.74, 6) is -3.54. The van der Waals surface area contributed by atoms with Crippen LogP contribution in [0.2, 0.25) is 0 Å². The van der Waals surface area contributed by atoms with Crippen molar-refractivity contribution < 1.29 is 60.4 Å². The van der Waals surface area contributed by atoms with E-state index in [9.17, 15) is 9.59 Å². The maximum Gasteiger partial charge on any atom is 0.631 e. The fourth-order valence-electron chi connectivity index (χ4n) is 0.328. The van der Waals surface area contributed by atoms with Gasteiger partial charge in [-0.15, -0.1) is 0 Å². The molecule has 12 nitrogen and oxygen atoms in total. The molecule has 0 aliphatic rings. The van der Waals surface area contributed by atoms with Gasteiger partial charge in [-0.1, -0.05) is 0 Å². The van der Waals surface area contributed by atoms with Crippen LogP contribution in [0, 0.1) is 0 Å². The van der Waals surface area contributed by atoms with E-state index in [1.165, 1.54) is 0 Å². The lowest BCUT2D eigenvalue weighted by Gasteiger charge is -2.07. The summed E-state index contributed by atoms with van der Waals surface area (Å²) in [5.41, 5.74) is 0. The molecule has 0 rings (SSSR count). The summed E-state index contributed by atoms with van der Waals surface area (Å²) in [4.78, 5) is 19.5. The molecular weight excluding hydrogens is 287 g/mol. The third kappa shape index (κ3) is 19.0. The van der Waals surface area contributed by atoms with E-state index in [0.29, 0.717) is 0 Å². The van der Waals surface area contributed by atoms with E-state index in [-0.39, 0.29) is 13.2 Å². The van der Waals surface area contributed by atoms with Gasteiger partial charge in [-0.25, -0.2) is 9.59 Å². The van der Waals surface area contributed by atoms with E-state index in [1.54, 1.807) is 0 Å². The van der Waals surface area contributed by atoms with Gasteiger partial charge in [0.05, 0.1) is 13.2 Å². The summed E-state index contributed by atoms with van der Waals surface area (Å²) in [7, 11) is -2.17. The minimum atomic E-state index is -2.27. The molecule has 0 unspecified atom stereocenters. The van der Waals surface area contributed by atoms with Crippen molar-refractivity contribution in [1.29, 1.82) is 0 Å². The fraction of sp³-hybridized carbons (Fsp3) is 0.714. The van der Waals surface area contributed by atoms with Gasteiger partial charge in [-0.3, -0.25) is 0 Å². The molecule has 0 aromatic carbocycles. The Balaban J connectivity index is -0.000000246. The molecule has 0 aromatic rings. The van der Waals surface area contributed by atoms with Crippen molar-refractivity contribution >= 4 is 19.3 Å². The van der Waals surface area contributed by atoms with E-state index in [2.05, 4.69) is 0 Å². The van der Waals surface area contributed by atoms with Gasteiger partial charge in [0.2, 0.25) is 0 Å². The third-order valence-electron chi connectivity index (χ3n) is 1.23. The Morgan fingerprint density at radius 3 is 1.05 bits per heavy atom. The summed E-state index contributed by atoms with van der Waals surface area (Å²) in [6.45, 7) is -0.729. The van der Waals surface area contributed by atoms with Crippen molar-refractivity contribution in [2.75, 3.05) is 13.2 Å². The van der Waals surface area contributed by atoms with Crippen LogP contribution in [-0.4, -0.2) is 102 Å². The zero-order valence-electron chi connectivity index (χ0n) is 10.0. The number of rotatable bonds is 5. The second-order valence-electron chi connectivity index (χ2n) is 2.93. The zero-order valence-corrected chi connectivity index (χ0v) is 10.0. The topological polar surface area (TPSA) is 236 Å². The molecule has 0 heterocycles. The van der Waals surface area contributed by atoms with Gasteiger partial charge in [0, 0.05) is 0 Å².